The maximum atomic E-state index is 10.8. The molecule has 7 nitrogen and oxygen atoms in total. The molecule has 84 valence electrons. The number of aliphatic carboxylic acids is 1. The number of aromatic carboxylic acids is 1. The summed E-state index contributed by atoms with van der Waals surface area (Å²) in [6.45, 7) is 0. The van der Waals surface area contributed by atoms with Crippen LogP contribution in [0, 0.1) is 0 Å². The monoisotopic (exact) mass is 225 g/mol. The molecule has 0 radical (unpaired) electrons. The molecule has 0 aromatic carbocycles. The van der Waals surface area contributed by atoms with Crippen LogP contribution in [-0.2, 0) is 11.2 Å². The smallest absolute Gasteiger partial charge is 0.481 e. The number of rotatable bonds is 4. The summed E-state index contributed by atoms with van der Waals surface area (Å²) in [4.78, 5) is 24.8. The van der Waals surface area contributed by atoms with Gasteiger partial charge in [-0.05, 0) is 6.07 Å². The van der Waals surface area contributed by atoms with Crippen molar-refractivity contribution in [2.75, 3.05) is 0 Å². The SMILES string of the molecule is O=C(O)Cc1cc(C(=O)O)c(B(O)O)cn1. The molecule has 1 aromatic rings. The number of carboxylic acids is 2. The highest BCUT2D eigenvalue weighted by molar-refractivity contribution is 6.60. The van der Waals surface area contributed by atoms with Crippen LogP contribution in [0.5, 0.6) is 0 Å². The Labute approximate surface area is 90.1 Å². The topological polar surface area (TPSA) is 128 Å². The Hall–Kier alpha value is -1.93. The first kappa shape index (κ1) is 12.1. The minimum absolute atomic E-state index is 0.0364. The average Bonchev–Trinajstić information content (AvgIpc) is 2.16. The van der Waals surface area contributed by atoms with E-state index in [1.54, 1.807) is 0 Å². The van der Waals surface area contributed by atoms with Crippen LogP contribution in [0.1, 0.15) is 16.1 Å². The van der Waals surface area contributed by atoms with E-state index in [0.717, 1.165) is 12.3 Å². The van der Waals surface area contributed by atoms with Gasteiger partial charge < -0.3 is 20.3 Å². The molecule has 0 spiro atoms. The van der Waals surface area contributed by atoms with Gasteiger partial charge in [0.25, 0.3) is 0 Å². The number of hydrogen-bond acceptors (Lipinski definition) is 5. The highest BCUT2D eigenvalue weighted by Gasteiger charge is 2.21. The largest absolute Gasteiger partial charge is 0.490 e. The van der Waals surface area contributed by atoms with Crippen molar-refractivity contribution in [3.05, 3.63) is 23.5 Å². The molecule has 0 saturated heterocycles. The fraction of sp³-hybridized carbons (Fsp3) is 0.125. The van der Waals surface area contributed by atoms with Crippen LogP contribution in [-0.4, -0.2) is 44.3 Å². The van der Waals surface area contributed by atoms with E-state index < -0.39 is 25.5 Å². The molecule has 16 heavy (non-hydrogen) atoms. The van der Waals surface area contributed by atoms with Gasteiger partial charge in [0, 0.05) is 11.7 Å². The Balaban J connectivity index is 3.17. The van der Waals surface area contributed by atoms with Gasteiger partial charge in [-0.3, -0.25) is 9.78 Å². The number of carboxylic acid groups (broad SMARTS) is 2. The van der Waals surface area contributed by atoms with Crippen molar-refractivity contribution in [2.24, 2.45) is 0 Å². The first-order valence-electron chi connectivity index (χ1n) is 4.22. The highest BCUT2D eigenvalue weighted by atomic mass is 16.4. The highest BCUT2D eigenvalue weighted by Crippen LogP contribution is 2.02. The van der Waals surface area contributed by atoms with Crippen LogP contribution in [0.3, 0.4) is 0 Å². The van der Waals surface area contributed by atoms with E-state index in [9.17, 15) is 9.59 Å². The molecule has 0 unspecified atom stereocenters. The first-order valence-corrected chi connectivity index (χ1v) is 4.22. The summed E-state index contributed by atoms with van der Waals surface area (Å²) in [5, 5.41) is 35.0. The molecule has 0 aliphatic carbocycles. The van der Waals surface area contributed by atoms with Crippen LogP contribution < -0.4 is 5.46 Å². The van der Waals surface area contributed by atoms with Crippen molar-refractivity contribution in [1.29, 1.82) is 0 Å². The van der Waals surface area contributed by atoms with E-state index in [2.05, 4.69) is 4.98 Å². The minimum Gasteiger partial charge on any atom is -0.481 e. The Morgan fingerprint density at radius 3 is 2.38 bits per heavy atom. The normalized spacial score (nSPS) is 9.88. The number of aromatic nitrogens is 1. The second-order valence-corrected chi connectivity index (χ2v) is 3.01. The average molecular weight is 225 g/mol. The van der Waals surface area contributed by atoms with Crippen molar-refractivity contribution in [3.8, 4) is 0 Å². The van der Waals surface area contributed by atoms with Crippen molar-refractivity contribution in [2.45, 2.75) is 6.42 Å². The predicted octanol–water partition coefficient (Wildman–Crippen LogP) is -1.91. The van der Waals surface area contributed by atoms with E-state index in [4.69, 9.17) is 20.3 Å². The third-order valence-electron chi connectivity index (χ3n) is 1.83. The van der Waals surface area contributed by atoms with Gasteiger partial charge in [0.2, 0.25) is 0 Å². The summed E-state index contributed by atoms with van der Waals surface area (Å²) in [5.74, 6) is -2.53. The van der Waals surface area contributed by atoms with E-state index in [1.807, 2.05) is 0 Å². The number of carbonyl (C=O) groups is 2. The van der Waals surface area contributed by atoms with Gasteiger partial charge in [0.05, 0.1) is 17.7 Å². The lowest BCUT2D eigenvalue weighted by atomic mass is 9.78. The Morgan fingerprint density at radius 1 is 1.31 bits per heavy atom. The molecule has 0 fully saturated rings. The Kier molecular flexibility index (Phi) is 3.59. The molecule has 1 rings (SSSR count). The molecule has 0 bridgehead atoms. The lowest BCUT2D eigenvalue weighted by Gasteiger charge is -2.05. The number of hydrogen-bond donors (Lipinski definition) is 4. The van der Waals surface area contributed by atoms with E-state index >= 15 is 0 Å². The molecular weight excluding hydrogens is 217 g/mol. The fourth-order valence-corrected chi connectivity index (χ4v) is 1.15. The number of nitrogens with zero attached hydrogens (tertiary/aromatic N) is 1. The fourth-order valence-electron chi connectivity index (χ4n) is 1.15. The summed E-state index contributed by atoms with van der Waals surface area (Å²) < 4.78 is 0. The second kappa shape index (κ2) is 4.73. The van der Waals surface area contributed by atoms with Gasteiger partial charge in [-0.25, -0.2) is 4.79 Å². The summed E-state index contributed by atoms with van der Waals surface area (Å²) in [7, 11) is -1.96. The second-order valence-electron chi connectivity index (χ2n) is 3.01. The molecule has 4 N–H and O–H groups in total. The molecule has 0 amide bonds. The molecule has 0 saturated carbocycles. The minimum atomic E-state index is -1.96. The zero-order valence-corrected chi connectivity index (χ0v) is 7.99. The van der Waals surface area contributed by atoms with Crippen molar-refractivity contribution < 1.29 is 29.9 Å². The zero-order valence-electron chi connectivity index (χ0n) is 7.99. The van der Waals surface area contributed by atoms with E-state index in [-0.39, 0.29) is 16.7 Å². The lowest BCUT2D eigenvalue weighted by Crippen LogP contribution is -2.35. The summed E-state index contributed by atoms with van der Waals surface area (Å²) in [6, 6.07) is 1.01. The molecule has 1 heterocycles. The maximum Gasteiger partial charge on any atom is 0.490 e. The predicted molar refractivity (Wildman–Crippen MR) is 52.4 cm³/mol. The summed E-state index contributed by atoms with van der Waals surface area (Å²) in [5.41, 5.74) is -0.614. The van der Waals surface area contributed by atoms with Gasteiger partial charge in [0.15, 0.2) is 0 Å². The quantitative estimate of drug-likeness (QED) is 0.440. The molecule has 1 aromatic heterocycles. The van der Waals surface area contributed by atoms with E-state index in [1.165, 1.54) is 0 Å². The van der Waals surface area contributed by atoms with E-state index in [0.29, 0.717) is 0 Å². The molecule has 0 aliphatic rings. The standard InChI is InChI=1S/C8H8BNO6/c11-7(12)2-4-1-5(8(13)14)6(3-10-4)9(15)16/h1,3,15-16H,2H2,(H,11,12)(H,13,14). The number of pyridine rings is 1. The van der Waals surface area contributed by atoms with Crippen molar-refractivity contribution in [1.82, 2.24) is 4.98 Å². The molecule has 8 heteroatoms. The lowest BCUT2D eigenvalue weighted by molar-refractivity contribution is -0.136. The Morgan fingerprint density at radius 2 is 1.94 bits per heavy atom. The van der Waals surface area contributed by atoms with Crippen LogP contribution in [0.2, 0.25) is 0 Å². The third kappa shape index (κ3) is 2.78. The summed E-state index contributed by atoms with van der Waals surface area (Å²) >= 11 is 0. The van der Waals surface area contributed by atoms with Crippen LogP contribution >= 0.6 is 0 Å². The van der Waals surface area contributed by atoms with Gasteiger partial charge in [0.1, 0.15) is 0 Å². The molecule has 0 aliphatic heterocycles. The van der Waals surface area contributed by atoms with Gasteiger partial charge in [-0.15, -0.1) is 0 Å². The van der Waals surface area contributed by atoms with Crippen LogP contribution in [0.25, 0.3) is 0 Å². The molecule has 0 atom stereocenters. The summed E-state index contributed by atoms with van der Waals surface area (Å²) in [6.07, 6.45) is 0.508. The maximum absolute atomic E-state index is 10.8. The van der Waals surface area contributed by atoms with Crippen molar-refractivity contribution >= 4 is 24.5 Å². The van der Waals surface area contributed by atoms with Gasteiger partial charge >= 0.3 is 19.1 Å². The third-order valence-corrected chi connectivity index (χ3v) is 1.83. The first-order chi connectivity index (χ1) is 7.41. The zero-order chi connectivity index (χ0) is 12.3. The van der Waals surface area contributed by atoms with Gasteiger partial charge in [-0.2, -0.15) is 0 Å². The van der Waals surface area contributed by atoms with Crippen LogP contribution in [0.15, 0.2) is 12.3 Å². The van der Waals surface area contributed by atoms with Crippen LogP contribution in [0.4, 0.5) is 0 Å². The molecular formula is C8H8BNO6. The van der Waals surface area contributed by atoms with Gasteiger partial charge in [-0.1, -0.05) is 0 Å². The van der Waals surface area contributed by atoms with Crippen molar-refractivity contribution in [3.63, 3.8) is 0 Å². The Bertz CT molecular complexity index is 433.